The van der Waals surface area contributed by atoms with Crippen molar-refractivity contribution in [1.29, 1.82) is 0 Å². The highest BCUT2D eigenvalue weighted by atomic mass is 15.3. The summed E-state index contributed by atoms with van der Waals surface area (Å²) < 4.78 is 2.01. The zero-order valence-corrected chi connectivity index (χ0v) is 13.1. The molecule has 0 fully saturated rings. The van der Waals surface area contributed by atoms with Gasteiger partial charge in [0.2, 0.25) is 0 Å². The fourth-order valence-corrected chi connectivity index (χ4v) is 2.03. The average Bonchev–Trinajstić information content (AvgIpc) is 2.77. The molecule has 0 spiro atoms. The summed E-state index contributed by atoms with van der Waals surface area (Å²) in [5.74, 6) is 0.675. The van der Waals surface area contributed by atoms with Gasteiger partial charge in [-0.05, 0) is 32.4 Å². The fraction of sp³-hybridized carbons (Fsp3) is 0.688. The van der Waals surface area contributed by atoms with Crippen LogP contribution in [0.4, 0.5) is 0 Å². The molecule has 1 unspecified atom stereocenters. The fourth-order valence-electron chi connectivity index (χ4n) is 2.03. The van der Waals surface area contributed by atoms with Gasteiger partial charge in [0, 0.05) is 30.6 Å². The number of hydrogen-bond donors (Lipinski definition) is 1. The zero-order chi connectivity index (χ0) is 14.5. The van der Waals surface area contributed by atoms with Crippen molar-refractivity contribution in [2.75, 3.05) is 13.1 Å². The molecule has 0 aliphatic carbocycles. The van der Waals surface area contributed by atoms with Gasteiger partial charge >= 0.3 is 0 Å². The standard InChI is InChI=1S/C16H29N3/c1-7-16(6,12-17-11-13(2)3)10-15-8-9-19(18-15)14(4)5/h7-9,13-14,17H,1,10-12H2,2-6H3. The minimum atomic E-state index is 0.0606. The highest BCUT2D eigenvalue weighted by Gasteiger charge is 2.22. The van der Waals surface area contributed by atoms with Gasteiger partial charge in [0.25, 0.3) is 0 Å². The molecular weight excluding hydrogens is 234 g/mol. The van der Waals surface area contributed by atoms with Crippen molar-refractivity contribution in [3.8, 4) is 0 Å². The van der Waals surface area contributed by atoms with Crippen LogP contribution in [0, 0.1) is 11.3 Å². The maximum absolute atomic E-state index is 4.63. The number of rotatable bonds is 8. The lowest BCUT2D eigenvalue weighted by molar-refractivity contribution is 0.372. The summed E-state index contributed by atoms with van der Waals surface area (Å²) in [5.41, 5.74) is 1.20. The predicted octanol–water partition coefficient (Wildman–Crippen LogP) is 3.44. The van der Waals surface area contributed by atoms with Crippen LogP contribution in [-0.4, -0.2) is 22.9 Å². The van der Waals surface area contributed by atoms with E-state index in [-0.39, 0.29) is 5.41 Å². The van der Waals surface area contributed by atoms with Crippen LogP contribution >= 0.6 is 0 Å². The molecule has 0 aromatic carbocycles. The lowest BCUT2D eigenvalue weighted by Crippen LogP contribution is -2.34. The number of aromatic nitrogens is 2. The maximum atomic E-state index is 4.63. The van der Waals surface area contributed by atoms with Gasteiger partial charge in [-0.3, -0.25) is 4.68 Å². The number of nitrogens with zero attached hydrogens (tertiary/aromatic N) is 2. The molecular formula is C16H29N3. The molecule has 3 nitrogen and oxygen atoms in total. The molecule has 0 amide bonds. The van der Waals surface area contributed by atoms with E-state index in [2.05, 4.69) is 70.0 Å². The number of hydrogen-bond acceptors (Lipinski definition) is 2. The summed E-state index contributed by atoms with van der Waals surface area (Å²) in [5, 5.41) is 8.15. The summed E-state index contributed by atoms with van der Waals surface area (Å²) in [6, 6.07) is 2.53. The molecule has 1 aromatic heterocycles. The van der Waals surface area contributed by atoms with E-state index in [1.54, 1.807) is 0 Å². The molecule has 0 aliphatic rings. The Hall–Kier alpha value is -1.09. The maximum Gasteiger partial charge on any atom is 0.0633 e. The minimum Gasteiger partial charge on any atom is -0.316 e. The van der Waals surface area contributed by atoms with Gasteiger partial charge < -0.3 is 5.32 Å². The van der Waals surface area contributed by atoms with Crippen LogP contribution in [0.3, 0.4) is 0 Å². The van der Waals surface area contributed by atoms with Gasteiger partial charge in [-0.2, -0.15) is 5.10 Å². The first-order chi connectivity index (χ1) is 8.86. The third-order valence-electron chi connectivity index (χ3n) is 3.35. The SMILES string of the molecule is C=CC(C)(CNCC(C)C)Cc1ccn(C(C)C)n1. The first-order valence-electron chi connectivity index (χ1n) is 7.24. The summed E-state index contributed by atoms with van der Waals surface area (Å²) >= 11 is 0. The quantitative estimate of drug-likeness (QED) is 0.728. The molecule has 0 saturated carbocycles. The molecule has 1 N–H and O–H groups in total. The van der Waals surface area contributed by atoms with Crippen molar-refractivity contribution in [3.05, 3.63) is 30.6 Å². The second kappa shape index (κ2) is 6.90. The first kappa shape index (κ1) is 16.0. The van der Waals surface area contributed by atoms with Gasteiger partial charge in [0.1, 0.15) is 0 Å². The van der Waals surface area contributed by atoms with Crippen molar-refractivity contribution >= 4 is 0 Å². The molecule has 1 heterocycles. The van der Waals surface area contributed by atoms with Crippen LogP contribution < -0.4 is 5.32 Å². The molecule has 19 heavy (non-hydrogen) atoms. The van der Waals surface area contributed by atoms with Crippen molar-refractivity contribution in [3.63, 3.8) is 0 Å². The van der Waals surface area contributed by atoms with Gasteiger partial charge in [0.15, 0.2) is 0 Å². The Labute approximate surface area is 118 Å². The Morgan fingerprint density at radius 1 is 1.42 bits per heavy atom. The molecule has 1 atom stereocenters. The molecule has 1 rings (SSSR count). The first-order valence-corrected chi connectivity index (χ1v) is 7.24. The van der Waals surface area contributed by atoms with E-state index < -0.39 is 0 Å². The Balaban J connectivity index is 2.60. The summed E-state index contributed by atoms with van der Waals surface area (Å²) in [6.45, 7) is 17.0. The summed E-state index contributed by atoms with van der Waals surface area (Å²) in [6.07, 6.45) is 5.04. The van der Waals surface area contributed by atoms with E-state index in [1.165, 1.54) is 0 Å². The van der Waals surface area contributed by atoms with Crippen molar-refractivity contribution < 1.29 is 0 Å². The highest BCUT2D eigenvalue weighted by molar-refractivity contribution is 5.08. The zero-order valence-electron chi connectivity index (χ0n) is 13.1. The highest BCUT2D eigenvalue weighted by Crippen LogP contribution is 2.22. The predicted molar refractivity (Wildman–Crippen MR) is 82.3 cm³/mol. The van der Waals surface area contributed by atoms with Gasteiger partial charge in [-0.25, -0.2) is 0 Å². The Morgan fingerprint density at radius 2 is 2.11 bits per heavy atom. The van der Waals surface area contributed by atoms with Crippen molar-refractivity contribution in [2.45, 2.75) is 47.1 Å². The van der Waals surface area contributed by atoms with Gasteiger partial charge in [-0.1, -0.05) is 26.8 Å². The third kappa shape index (κ3) is 5.19. The monoisotopic (exact) mass is 263 g/mol. The van der Waals surface area contributed by atoms with E-state index in [1.807, 2.05) is 4.68 Å². The van der Waals surface area contributed by atoms with Crippen molar-refractivity contribution in [2.24, 2.45) is 11.3 Å². The lowest BCUT2D eigenvalue weighted by Gasteiger charge is -2.26. The van der Waals surface area contributed by atoms with E-state index in [0.29, 0.717) is 12.0 Å². The van der Waals surface area contributed by atoms with Crippen molar-refractivity contribution in [1.82, 2.24) is 15.1 Å². The van der Waals surface area contributed by atoms with Crippen LogP contribution in [0.15, 0.2) is 24.9 Å². The van der Waals surface area contributed by atoms with Gasteiger partial charge in [0.05, 0.1) is 5.69 Å². The van der Waals surface area contributed by atoms with Crippen LogP contribution in [0.25, 0.3) is 0 Å². The Kier molecular flexibility index (Phi) is 5.80. The van der Waals surface area contributed by atoms with E-state index in [9.17, 15) is 0 Å². The van der Waals surface area contributed by atoms with Gasteiger partial charge in [-0.15, -0.1) is 6.58 Å². The Morgan fingerprint density at radius 3 is 2.58 bits per heavy atom. The molecule has 108 valence electrons. The lowest BCUT2D eigenvalue weighted by atomic mass is 9.85. The molecule has 0 radical (unpaired) electrons. The van der Waals surface area contributed by atoms with E-state index in [4.69, 9.17) is 0 Å². The van der Waals surface area contributed by atoms with Crippen LogP contribution in [0.1, 0.15) is 46.4 Å². The van der Waals surface area contributed by atoms with Crippen LogP contribution in [-0.2, 0) is 6.42 Å². The summed E-state index contributed by atoms with van der Waals surface area (Å²) in [4.78, 5) is 0. The third-order valence-corrected chi connectivity index (χ3v) is 3.35. The average molecular weight is 263 g/mol. The van der Waals surface area contributed by atoms with E-state index in [0.717, 1.165) is 25.2 Å². The smallest absolute Gasteiger partial charge is 0.0633 e. The normalized spacial score (nSPS) is 14.9. The van der Waals surface area contributed by atoms with Crippen LogP contribution in [0.2, 0.25) is 0 Å². The van der Waals surface area contributed by atoms with Crippen LogP contribution in [0.5, 0.6) is 0 Å². The number of nitrogens with one attached hydrogen (secondary N) is 1. The molecule has 3 heteroatoms. The molecule has 1 aromatic rings. The molecule has 0 bridgehead atoms. The van der Waals surface area contributed by atoms with E-state index >= 15 is 0 Å². The second-order valence-electron chi connectivity index (χ2n) is 6.44. The molecule has 0 aliphatic heterocycles. The second-order valence-corrected chi connectivity index (χ2v) is 6.44. The summed E-state index contributed by atoms with van der Waals surface area (Å²) in [7, 11) is 0. The Bertz CT molecular complexity index is 392. The largest absolute Gasteiger partial charge is 0.316 e. The minimum absolute atomic E-state index is 0.0606. The molecule has 0 saturated heterocycles. The topological polar surface area (TPSA) is 29.9 Å².